The first-order valence-electron chi connectivity index (χ1n) is 6.94. The van der Waals surface area contributed by atoms with Crippen molar-refractivity contribution in [3.8, 4) is 0 Å². The van der Waals surface area contributed by atoms with Crippen molar-refractivity contribution in [3.05, 3.63) is 49.0 Å². The molecule has 0 bridgehead atoms. The number of alkyl halides is 3. The second-order valence-electron chi connectivity index (χ2n) is 5.13. The lowest BCUT2D eigenvalue weighted by atomic mass is 10.2. The van der Waals surface area contributed by atoms with E-state index in [4.69, 9.17) is 0 Å². The standard InChI is InChI=1S/C15H12BrF3N2O3S/c1-21-7-8(15(17,18)19)6-9(14(21)24)20-13(23)5-2-10(22)11-3-4-12(16)25-11/h3-4,6-7H,2,5H2,1H3,(H,20,23). The Balaban J connectivity index is 2.06. The lowest BCUT2D eigenvalue weighted by Gasteiger charge is -2.11. The summed E-state index contributed by atoms with van der Waals surface area (Å²) in [6, 6.07) is 3.89. The van der Waals surface area contributed by atoms with Crippen molar-refractivity contribution in [2.45, 2.75) is 19.0 Å². The Morgan fingerprint density at radius 2 is 1.96 bits per heavy atom. The summed E-state index contributed by atoms with van der Waals surface area (Å²) in [5, 5.41) is 2.15. The number of anilines is 1. The molecular weight excluding hydrogens is 425 g/mol. The van der Waals surface area contributed by atoms with E-state index in [1.807, 2.05) is 0 Å². The molecule has 10 heteroatoms. The molecule has 0 atom stereocenters. The fourth-order valence-corrected chi connectivity index (χ4v) is 3.34. The SMILES string of the molecule is Cn1cc(C(F)(F)F)cc(NC(=O)CCC(=O)c2ccc(Br)s2)c1=O. The fraction of sp³-hybridized carbons (Fsp3) is 0.267. The predicted molar refractivity (Wildman–Crippen MR) is 90.9 cm³/mol. The maximum absolute atomic E-state index is 12.8. The minimum Gasteiger partial charge on any atom is -0.321 e. The van der Waals surface area contributed by atoms with E-state index in [0.29, 0.717) is 17.1 Å². The molecule has 2 rings (SSSR count). The molecule has 0 radical (unpaired) electrons. The van der Waals surface area contributed by atoms with Crippen LogP contribution in [0.5, 0.6) is 0 Å². The first-order valence-corrected chi connectivity index (χ1v) is 8.55. The van der Waals surface area contributed by atoms with Gasteiger partial charge >= 0.3 is 6.18 Å². The fourth-order valence-electron chi connectivity index (χ4n) is 1.98. The number of nitrogens with zero attached hydrogens (tertiary/aromatic N) is 1. The molecule has 1 N–H and O–H groups in total. The Labute approximate surface area is 152 Å². The Bertz CT molecular complexity index is 874. The lowest BCUT2D eigenvalue weighted by molar-refractivity contribution is -0.138. The zero-order valence-electron chi connectivity index (χ0n) is 12.8. The van der Waals surface area contributed by atoms with Gasteiger partial charge in [0, 0.05) is 26.1 Å². The molecule has 0 saturated carbocycles. The van der Waals surface area contributed by atoms with Crippen LogP contribution in [0.2, 0.25) is 0 Å². The average Bonchev–Trinajstić information content (AvgIpc) is 2.95. The van der Waals surface area contributed by atoms with Crippen molar-refractivity contribution in [1.29, 1.82) is 0 Å². The molecule has 25 heavy (non-hydrogen) atoms. The zero-order valence-corrected chi connectivity index (χ0v) is 15.2. The molecule has 2 aromatic rings. The van der Waals surface area contributed by atoms with Gasteiger partial charge in [-0.15, -0.1) is 11.3 Å². The van der Waals surface area contributed by atoms with Gasteiger partial charge in [0.2, 0.25) is 5.91 Å². The van der Waals surface area contributed by atoms with Gasteiger partial charge in [-0.05, 0) is 34.1 Å². The molecule has 2 aromatic heterocycles. The largest absolute Gasteiger partial charge is 0.417 e. The molecule has 1 amide bonds. The number of ketones is 1. The second kappa shape index (κ2) is 7.52. The van der Waals surface area contributed by atoms with Crippen LogP contribution in [0, 0.1) is 0 Å². The quantitative estimate of drug-likeness (QED) is 0.724. The molecule has 0 saturated heterocycles. The summed E-state index contributed by atoms with van der Waals surface area (Å²) in [4.78, 5) is 36.1. The Kier molecular flexibility index (Phi) is 5.83. The Morgan fingerprint density at radius 1 is 1.28 bits per heavy atom. The minimum absolute atomic E-state index is 0.113. The number of hydrogen-bond acceptors (Lipinski definition) is 4. The molecule has 134 valence electrons. The number of rotatable bonds is 5. The van der Waals surface area contributed by atoms with E-state index in [1.54, 1.807) is 12.1 Å². The highest BCUT2D eigenvalue weighted by Gasteiger charge is 2.32. The van der Waals surface area contributed by atoms with Crippen LogP contribution >= 0.6 is 27.3 Å². The van der Waals surface area contributed by atoms with Crippen molar-refractivity contribution < 1.29 is 22.8 Å². The summed E-state index contributed by atoms with van der Waals surface area (Å²) in [5.74, 6) is -0.969. The maximum Gasteiger partial charge on any atom is 0.417 e. The van der Waals surface area contributed by atoms with Gasteiger partial charge in [0.25, 0.3) is 5.56 Å². The van der Waals surface area contributed by atoms with Gasteiger partial charge in [-0.2, -0.15) is 13.2 Å². The third kappa shape index (κ3) is 5.02. The van der Waals surface area contributed by atoms with E-state index in [1.165, 1.54) is 11.3 Å². The van der Waals surface area contributed by atoms with Gasteiger partial charge in [0.15, 0.2) is 5.78 Å². The van der Waals surface area contributed by atoms with Crippen LogP contribution in [0.3, 0.4) is 0 Å². The highest BCUT2D eigenvalue weighted by molar-refractivity contribution is 9.11. The minimum atomic E-state index is -4.65. The summed E-state index contributed by atoms with van der Waals surface area (Å²) >= 11 is 4.44. The molecule has 5 nitrogen and oxygen atoms in total. The van der Waals surface area contributed by atoms with Crippen LogP contribution < -0.4 is 10.9 Å². The van der Waals surface area contributed by atoms with Crippen LogP contribution in [-0.4, -0.2) is 16.3 Å². The van der Waals surface area contributed by atoms with Gasteiger partial charge in [0.05, 0.1) is 14.2 Å². The highest BCUT2D eigenvalue weighted by atomic mass is 79.9. The van der Waals surface area contributed by atoms with E-state index in [9.17, 15) is 27.6 Å². The van der Waals surface area contributed by atoms with Gasteiger partial charge in [-0.3, -0.25) is 14.4 Å². The number of aryl methyl sites for hydroxylation is 1. The first kappa shape index (κ1) is 19.4. The molecule has 0 aliphatic rings. The number of nitrogens with one attached hydrogen (secondary N) is 1. The third-order valence-electron chi connectivity index (χ3n) is 3.21. The summed E-state index contributed by atoms with van der Waals surface area (Å²) in [5.41, 5.74) is -2.30. The molecule has 0 aliphatic carbocycles. The lowest BCUT2D eigenvalue weighted by Crippen LogP contribution is -2.26. The van der Waals surface area contributed by atoms with Crippen molar-refractivity contribution in [3.63, 3.8) is 0 Å². The van der Waals surface area contributed by atoms with Crippen LogP contribution in [0.1, 0.15) is 28.1 Å². The zero-order chi connectivity index (χ0) is 18.8. The molecule has 0 aromatic carbocycles. The third-order valence-corrected chi connectivity index (χ3v) is 4.88. The van der Waals surface area contributed by atoms with Crippen molar-refractivity contribution in [1.82, 2.24) is 4.57 Å². The number of carbonyl (C=O) groups is 2. The van der Waals surface area contributed by atoms with E-state index < -0.39 is 28.9 Å². The van der Waals surface area contributed by atoms with Crippen molar-refractivity contribution in [2.24, 2.45) is 7.05 Å². The normalized spacial score (nSPS) is 11.4. The predicted octanol–water partition coefficient (Wildman–Crippen LogP) is 3.83. The number of Topliss-reactive ketones (excluding diaryl/α,β-unsaturated/α-hetero) is 1. The van der Waals surface area contributed by atoms with Crippen LogP contribution in [0.15, 0.2) is 33.0 Å². The summed E-state index contributed by atoms with van der Waals surface area (Å²) in [6.07, 6.45) is -4.35. The number of halogens is 4. The number of aromatic nitrogens is 1. The summed E-state index contributed by atoms with van der Waals surface area (Å²) in [6.45, 7) is 0. The number of thiophene rings is 1. The Morgan fingerprint density at radius 3 is 2.52 bits per heavy atom. The molecule has 0 fully saturated rings. The monoisotopic (exact) mass is 436 g/mol. The number of carbonyl (C=O) groups excluding carboxylic acids is 2. The summed E-state index contributed by atoms with van der Waals surface area (Å²) in [7, 11) is 1.16. The molecular formula is C15H12BrF3N2O3S. The molecule has 0 spiro atoms. The van der Waals surface area contributed by atoms with E-state index in [-0.39, 0.29) is 18.6 Å². The van der Waals surface area contributed by atoms with Crippen LogP contribution in [0.4, 0.5) is 18.9 Å². The number of amides is 1. The smallest absolute Gasteiger partial charge is 0.321 e. The molecule has 2 heterocycles. The van der Waals surface area contributed by atoms with Crippen LogP contribution in [0.25, 0.3) is 0 Å². The number of pyridine rings is 1. The van der Waals surface area contributed by atoms with Crippen LogP contribution in [-0.2, 0) is 18.0 Å². The maximum atomic E-state index is 12.8. The van der Waals surface area contributed by atoms with Gasteiger partial charge in [0.1, 0.15) is 5.69 Å². The Hall–Kier alpha value is -1.94. The number of hydrogen-bond donors (Lipinski definition) is 1. The molecule has 0 aliphatic heterocycles. The first-order chi connectivity index (χ1) is 11.6. The topological polar surface area (TPSA) is 68.2 Å². The second-order valence-corrected chi connectivity index (χ2v) is 7.59. The van der Waals surface area contributed by atoms with E-state index >= 15 is 0 Å². The summed E-state index contributed by atoms with van der Waals surface area (Å²) < 4.78 is 39.9. The van der Waals surface area contributed by atoms with E-state index in [0.717, 1.165) is 15.4 Å². The molecule has 0 unspecified atom stereocenters. The van der Waals surface area contributed by atoms with Gasteiger partial charge in [-0.1, -0.05) is 0 Å². The van der Waals surface area contributed by atoms with Crippen molar-refractivity contribution >= 4 is 44.6 Å². The highest BCUT2D eigenvalue weighted by Crippen LogP contribution is 2.29. The van der Waals surface area contributed by atoms with Gasteiger partial charge in [-0.25, -0.2) is 0 Å². The van der Waals surface area contributed by atoms with Gasteiger partial charge < -0.3 is 9.88 Å². The average molecular weight is 437 g/mol. The van der Waals surface area contributed by atoms with Crippen molar-refractivity contribution in [2.75, 3.05) is 5.32 Å². The van der Waals surface area contributed by atoms with E-state index in [2.05, 4.69) is 21.2 Å².